The van der Waals surface area contributed by atoms with Crippen LogP contribution in [0.25, 0.3) is 10.9 Å². The Morgan fingerprint density at radius 3 is 2.68 bits per heavy atom. The second-order valence-corrected chi connectivity index (χ2v) is 10.1. The van der Waals surface area contributed by atoms with E-state index < -0.39 is 16.1 Å². The van der Waals surface area contributed by atoms with Gasteiger partial charge in [0, 0.05) is 36.1 Å². The van der Waals surface area contributed by atoms with Crippen molar-refractivity contribution in [1.29, 1.82) is 0 Å². The van der Waals surface area contributed by atoms with Crippen molar-refractivity contribution in [3.8, 4) is 0 Å². The lowest BCUT2D eigenvalue weighted by atomic mass is 9.91. The molecule has 2 heterocycles. The zero-order chi connectivity index (χ0) is 21.8. The summed E-state index contributed by atoms with van der Waals surface area (Å²) in [7, 11) is -3.40. The van der Waals surface area contributed by atoms with Gasteiger partial charge in [-0.25, -0.2) is 8.42 Å². The Kier molecular flexibility index (Phi) is 6.43. The standard InChI is InChI=1S/C24H29N3O3S/c1-2-15-31(29,30)27-14-8-13-23(27)24(28)26-16-20(18-9-4-3-5-10-18)21-17-25-22-12-7-6-11-19(21)22/h3-7,9-12,17,20,23,25H,2,8,13-16H2,1H3,(H,26,28)/t20-,23-/m0/s1. The molecule has 2 aromatic carbocycles. The van der Waals surface area contributed by atoms with Crippen LogP contribution in [0.3, 0.4) is 0 Å². The summed E-state index contributed by atoms with van der Waals surface area (Å²) < 4.78 is 26.6. The number of hydrogen-bond acceptors (Lipinski definition) is 3. The van der Waals surface area contributed by atoms with Gasteiger partial charge in [-0.05, 0) is 36.5 Å². The summed E-state index contributed by atoms with van der Waals surface area (Å²) in [6, 6.07) is 17.6. The second kappa shape index (κ2) is 9.24. The van der Waals surface area contributed by atoms with Gasteiger partial charge < -0.3 is 10.3 Å². The Morgan fingerprint density at radius 1 is 1.16 bits per heavy atom. The van der Waals surface area contributed by atoms with Crippen LogP contribution in [0.1, 0.15) is 43.2 Å². The van der Waals surface area contributed by atoms with Crippen molar-refractivity contribution >= 4 is 26.8 Å². The molecular formula is C24H29N3O3S. The Labute approximate surface area is 183 Å². The number of sulfonamides is 1. The maximum atomic E-state index is 13.1. The molecule has 164 valence electrons. The minimum Gasteiger partial charge on any atom is -0.361 e. The van der Waals surface area contributed by atoms with E-state index in [9.17, 15) is 13.2 Å². The van der Waals surface area contributed by atoms with E-state index >= 15 is 0 Å². The second-order valence-electron chi connectivity index (χ2n) is 8.08. The topological polar surface area (TPSA) is 82.3 Å². The molecule has 7 heteroatoms. The van der Waals surface area contributed by atoms with Gasteiger partial charge in [0.1, 0.15) is 6.04 Å². The summed E-state index contributed by atoms with van der Waals surface area (Å²) in [6.45, 7) is 2.67. The van der Waals surface area contributed by atoms with Gasteiger partial charge in [0.05, 0.1) is 5.75 Å². The minimum atomic E-state index is -3.40. The number of carbonyl (C=O) groups is 1. The molecule has 1 saturated heterocycles. The highest BCUT2D eigenvalue weighted by molar-refractivity contribution is 7.89. The number of amides is 1. The average Bonchev–Trinajstić information content (AvgIpc) is 3.43. The summed E-state index contributed by atoms with van der Waals surface area (Å²) >= 11 is 0. The molecule has 6 nitrogen and oxygen atoms in total. The SMILES string of the molecule is CCCS(=O)(=O)N1CCC[C@H]1C(=O)NC[C@@H](c1ccccc1)c1c[nH]c2ccccc12. The molecular weight excluding hydrogens is 410 g/mol. The monoisotopic (exact) mass is 439 g/mol. The van der Waals surface area contributed by atoms with Crippen LogP contribution in [-0.4, -0.2) is 48.5 Å². The molecule has 2 atom stereocenters. The van der Waals surface area contributed by atoms with Crippen LogP contribution in [0.15, 0.2) is 60.8 Å². The number of aromatic amines is 1. The maximum Gasteiger partial charge on any atom is 0.238 e. The van der Waals surface area contributed by atoms with E-state index in [2.05, 4.69) is 28.5 Å². The van der Waals surface area contributed by atoms with Crippen LogP contribution in [0.4, 0.5) is 0 Å². The van der Waals surface area contributed by atoms with Crippen LogP contribution in [-0.2, 0) is 14.8 Å². The van der Waals surface area contributed by atoms with E-state index in [1.54, 1.807) is 0 Å². The quantitative estimate of drug-likeness (QED) is 0.562. The Morgan fingerprint density at radius 2 is 1.90 bits per heavy atom. The number of hydrogen-bond donors (Lipinski definition) is 2. The number of nitrogens with zero attached hydrogens (tertiary/aromatic N) is 1. The van der Waals surface area contributed by atoms with Crippen molar-refractivity contribution in [3.05, 3.63) is 71.9 Å². The lowest BCUT2D eigenvalue weighted by Gasteiger charge is -2.25. The van der Waals surface area contributed by atoms with Crippen molar-refractivity contribution in [2.24, 2.45) is 0 Å². The first-order valence-corrected chi connectivity index (χ1v) is 12.5. The molecule has 1 aliphatic rings. The summed E-state index contributed by atoms with van der Waals surface area (Å²) in [4.78, 5) is 16.4. The zero-order valence-electron chi connectivity index (χ0n) is 17.8. The molecule has 0 saturated carbocycles. The molecule has 4 rings (SSSR count). The fourth-order valence-corrected chi connectivity index (χ4v) is 6.25. The molecule has 3 aromatic rings. The number of benzene rings is 2. The molecule has 2 N–H and O–H groups in total. The number of aromatic nitrogens is 1. The molecule has 0 unspecified atom stereocenters. The first-order valence-electron chi connectivity index (χ1n) is 10.9. The highest BCUT2D eigenvalue weighted by atomic mass is 32.2. The molecule has 1 aliphatic heterocycles. The Balaban J connectivity index is 1.56. The largest absolute Gasteiger partial charge is 0.361 e. The number of H-pyrrole nitrogens is 1. The van der Waals surface area contributed by atoms with Crippen molar-refractivity contribution in [3.63, 3.8) is 0 Å². The maximum absolute atomic E-state index is 13.1. The van der Waals surface area contributed by atoms with Crippen LogP contribution < -0.4 is 5.32 Å². The van der Waals surface area contributed by atoms with Gasteiger partial charge in [-0.15, -0.1) is 0 Å². The van der Waals surface area contributed by atoms with E-state index in [1.807, 2.05) is 49.5 Å². The summed E-state index contributed by atoms with van der Waals surface area (Å²) in [6.07, 6.45) is 3.83. The molecule has 0 spiro atoms. The number of carbonyl (C=O) groups excluding carboxylic acids is 1. The van der Waals surface area contributed by atoms with Crippen LogP contribution >= 0.6 is 0 Å². The van der Waals surface area contributed by atoms with E-state index in [4.69, 9.17) is 0 Å². The number of rotatable bonds is 8. The summed E-state index contributed by atoms with van der Waals surface area (Å²) in [5, 5.41) is 4.19. The van der Waals surface area contributed by atoms with Gasteiger partial charge in [-0.3, -0.25) is 4.79 Å². The number of fused-ring (bicyclic) bond motifs is 1. The third-order valence-electron chi connectivity index (χ3n) is 6.00. The number of para-hydroxylation sites is 1. The fraction of sp³-hybridized carbons (Fsp3) is 0.375. The zero-order valence-corrected chi connectivity index (χ0v) is 18.6. The fourth-order valence-electron chi connectivity index (χ4n) is 4.51. The molecule has 1 amide bonds. The smallest absolute Gasteiger partial charge is 0.238 e. The van der Waals surface area contributed by atoms with Gasteiger partial charge in [0.25, 0.3) is 0 Å². The van der Waals surface area contributed by atoms with Crippen LogP contribution in [0, 0.1) is 0 Å². The molecule has 0 bridgehead atoms. The first kappa shape index (κ1) is 21.6. The Hall–Kier alpha value is -2.64. The molecule has 0 radical (unpaired) electrons. The summed E-state index contributed by atoms with van der Waals surface area (Å²) in [5.41, 5.74) is 3.27. The van der Waals surface area contributed by atoms with Crippen molar-refractivity contribution < 1.29 is 13.2 Å². The first-order chi connectivity index (χ1) is 15.0. The predicted molar refractivity (Wildman–Crippen MR) is 123 cm³/mol. The minimum absolute atomic E-state index is 0.0385. The lowest BCUT2D eigenvalue weighted by Crippen LogP contribution is -2.47. The van der Waals surface area contributed by atoms with Crippen LogP contribution in [0.5, 0.6) is 0 Å². The van der Waals surface area contributed by atoms with Crippen molar-refractivity contribution in [2.45, 2.75) is 38.1 Å². The highest BCUT2D eigenvalue weighted by Gasteiger charge is 2.38. The van der Waals surface area contributed by atoms with Gasteiger partial charge >= 0.3 is 0 Å². The molecule has 31 heavy (non-hydrogen) atoms. The van der Waals surface area contributed by atoms with E-state index in [1.165, 1.54) is 4.31 Å². The normalized spacial score (nSPS) is 18.3. The molecule has 1 fully saturated rings. The highest BCUT2D eigenvalue weighted by Crippen LogP contribution is 2.31. The number of nitrogens with one attached hydrogen (secondary N) is 2. The summed E-state index contributed by atoms with van der Waals surface area (Å²) in [5.74, 6) is -0.167. The molecule has 0 aliphatic carbocycles. The average molecular weight is 440 g/mol. The van der Waals surface area contributed by atoms with Crippen molar-refractivity contribution in [2.75, 3.05) is 18.8 Å². The Bertz CT molecular complexity index is 1140. The van der Waals surface area contributed by atoms with Crippen molar-refractivity contribution in [1.82, 2.24) is 14.6 Å². The predicted octanol–water partition coefficient (Wildman–Crippen LogP) is 3.62. The third kappa shape index (κ3) is 4.52. The third-order valence-corrected chi connectivity index (χ3v) is 8.08. The van der Waals surface area contributed by atoms with E-state index in [-0.39, 0.29) is 17.6 Å². The van der Waals surface area contributed by atoms with Gasteiger partial charge in [-0.2, -0.15) is 4.31 Å². The van der Waals surface area contributed by atoms with Gasteiger partial charge in [0.2, 0.25) is 15.9 Å². The lowest BCUT2D eigenvalue weighted by molar-refractivity contribution is -0.124. The molecule has 1 aromatic heterocycles. The van der Waals surface area contributed by atoms with Gasteiger partial charge in [-0.1, -0.05) is 55.5 Å². The van der Waals surface area contributed by atoms with E-state index in [0.717, 1.165) is 22.0 Å². The van der Waals surface area contributed by atoms with E-state index in [0.29, 0.717) is 32.4 Å². The van der Waals surface area contributed by atoms with Crippen LogP contribution in [0.2, 0.25) is 0 Å². The van der Waals surface area contributed by atoms with Gasteiger partial charge in [0.15, 0.2) is 0 Å².